The van der Waals surface area contributed by atoms with Crippen molar-refractivity contribution in [3.63, 3.8) is 0 Å². The zero-order valence-corrected chi connectivity index (χ0v) is 22.2. The highest BCUT2D eigenvalue weighted by Crippen LogP contribution is 2.60. The number of fused-ring (bicyclic) bond motifs is 5. The minimum Gasteiger partial charge on any atom is -0.326 e. The van der Waals surface area contributed by atoms with Crippen LogP contribution in [0.1, 0.15) is 44.6 Å². The number of anilines is 1. The van der Waals surface area contributed by atoms with Crippen molar-refractivity contribution in [3.8, 4) is 0 Å². The molecule has 2 aliphatic carbocycles. The Bertz CT molecular complexity index is 861. The number of nitrogens with zero attached hydrogens (tertiary/aromatic N) is 1. The second-order valence-electron chi connectivity index (χ2n) is 8.85. The third-order valence-electron chi connectivity index (χ3n) is 7.09. The van der Waals surface area contributed by atoms with E-state index in [-0.39, 0.29) is 51.0 Å². The first-order valence-electron chi connectivity index (χ1n) is 11.0. The van der Waals surface area contributed by atoms with E-state index >= 15 is 0 Å². The van der Waals surface area contributed by atoms with Crippen LogP contribution < -0.4 is 5.32 Å². The number of nitrogens with one attached hydrogen (secondary N) is 1. The summed E-state index contributed by atoms with van der Waals surface area (Å²) in [6, 6.07) is 5.87. The lowest BCUT2D eigenvalue weighted by molar-refractivity contribution is -0.140. The number of carbonyl (C=O) groups excluding carboxylic acids is 3. The Morgan fingerprint density at radius 1 is 1.06 bits per heavy atom. The maximum Gasteiger partial charge on any atom is 0.233 e. The highest BCUT2D eigenvalue weighted by molar-refractivity contribution is 9.12. The van der Waals surface area contributed by atoms with Crippen molar-refractivity contribution in [2.75, 3.05) is 11.9 Å². The van der Waals surface area contributed by atoms with E-state index in [2.05, 4.69) is 60.0 Å². The van der Waals surface area contributed by atoms with Gasteiger partial charge in [-0.3, -0.25) is 19.3 Å². The van der Waals surface area contributed by atoms with Gasteiger partial charge in [0.2, 0.25) is 17.7 Å². The smallest absolute Gasteiger partial charge is 0.233 e. The van der Waals surface area contributed by atoms with Gasteiger partial charge in [-0.15, -0.1) is 0 Å². The summed E-state index contributed by atoms with van der Waals surface area (Å²) < 4.78 is 1.00. The third kappa shape index (κ3) is 4.41. The lowest BCUT2D eigenvalue weighted by Crippen LogP contribution is -2.37. The molecule has 0 spiro atoms. The van der Waals surface area contributed by atoms with Crippen LogP contribution in [0.3, 0.4) is 0 Å². The Morgan fingerprint density at radius 3 is 2.32 bits per heavy atom. The molecular weight excluding hydrogens is 592 g/mol. The largest absolute Gasteiger partial charge is 0.326 e. The molecule has 1 saturated heterocycles. The summed E-state index contributed by atoms with van der Waals surface area (Å²) in [5.41, 5.74) is 1.96. The molecule has 6 atom stereocenters. The van der Waals surface area contributed by atoms with Gasteiger partial charge in [-0.1, -0.05) is 61.1 Å². The molecule has 0 unspecified atom stereocenters. The molecule has 5 nitrogen and oxygen atoms in total. The van der Waals surface area contributed by atoms with Gasteiger partial charge in [-0.2, -0.15) is 0 Å². The molecule has 4 rings (SSSR count). The van der Waals surface area contributed by atoms with Crippen LogP contribution in [0.2, 0.25) is 0 Å². The third-order valence-corrected chi connectivity index (χ3v) is 10.8. The molecule has 0 aromatic heterocycles. The van der Waals surface area contributed by atoms with Crippen LogP contribution in [-0.2, 0) is 20.8 Å². The van der Waals surface area contributed by atoms with E-state index in [9.17, 15) is 14.4 Å². The van der Waals surface area contributed by atoms with Crippen LogP contribution in [0.15, 0.2) is 22.7 Å². The molecule has 8 heteroatoms. The number of alkyl halides is 2. The van der Waals surface area contributed by atoms with E-state index in [0.717, 1.165) is 47.8 Å². The van der Waals surface area contributed by atoms with Crippen LogP contribution in [0.25, 0.3) is 0 Å². The first-order chi connectivity index (χ1) is 14.8. The fourth-order valence-corrected chi connectivity index (χ4v) is 7.83. The summed E-state index contributed by atoms with van der Waals surface area (Å²) in [6.45, 7) is 2.53. The Labute approximate surface area is 208 Å². The topological polar surface area (TPSA) is 66.5 Å². The van der Waals surface area contributed by atoms with Crippen LogP contribution in [0.5, 0.6) is 0 Å². The molecule has 3 fully saturated rings. The molecule has 2 saturated carbocycles. The van der Waals surface area contributed by atoms with Gasteiger partial charge in [0, 0.05) is 32.8 Å². The summed E-state index contributed by atoms with van der Waals surface area (Å²) >= 11 is 10.9. The molecule has 3 aliphatic rings. The second-order valence-corrected chi connectivity index (χ2v) is 11.9. The summed E-state index contributed by atoms with van der Waals surface area (Å²) in [4.78, 5) is 40.1. The quantitative estimate of drug-likeness (QED) is 0.245. The number of hydrogen-bond acceptors (Lipinski definition) is 3. The molecular formula is C23H27Br3N2O3. The van der Waals surface area contributed by atoms with Gasteiger partial charge in [0.05, 0.1) is 11.8 Å². The number of amides is 3. The zero-order chi connectivity index (χ0) is 22.3. The molecule has 1 aromatic carbocycles. The summed E-state index contributed by atoms with van der Waals surface area (Å²) in [5, 5.41) is 3.00. The number of imide groups is 1. The molecule has 3 amide bonds. The van der Waals surface area contributed by atoms with Crippen molar-refractivity contribution in [1.82, 2.24) is 4.90 Å². The van der Waals surface area contributed by atoms with Crippen molar-refractivity contribution >= 4 is 71.2 Å². The highest BCUT2D eigenvalue weighted by Gasteiger charge is 2.66. The number of rotatable bonds is 8. The highest BCUT2D eigenvalue weighted by atomic mass is 79.9. The molecule has 1 heterocycles. The number of hydrogen-bond donors (Lipinski definition) is 1. The number of carbonyl (C=O) groups is 3. The average Bonchev–Trinajstić information content (AvgIpc) is 3.35. The summed E-state index contributed by atoms with van der Waals surface area (Å²) in [5.74, 6) is 0.286. The SMILES string of the molecule is CCc1cc(Br)ccc1NC(=O)CCCCCN1C(=O)[C@H]2[C@@H]3C[C@@H]([C@@H](Br)[C@H]3Br)[C@@H]2C1=O. The van der Waals surface area contributed by atoms with Crippen LogP contribution >= 0.6 is 47.8 Å². The molecule has 31 heavy (non-hydrogen) atoms. The van der Waals surface area contributed by atoms with E-state index < -0.39 is 0 Å². The number of aryl methyl sites for hydroxylation is 1. The van der Waals surface area contributed by atoms with Crippen molar-refractivity contribution in [2.45, 2.75) is 55.1 Å². The van der Waals surface area contributed by atoms with Crippen LogP contribution in [0, 0.1) is 23.7 Å². The molecule has 0 radical (unpaired) electrons. The van der Waals surface area contributed by atoms with Crippen molar-refractivity contribution < 1.29 is 14.4 Å². The normalized spacial score (nSPS) is 31.4. The van der Waals surface area contributed by atoms with E-state index in [4.69, 9.17) is 0 Å². The Kier molecular flexibility index (Phi) is 7.28. The lowest BCUT2D eigenvalue weighted by Gasteiger charge is -2.28. The maximum absolute atomic E-state index is 12.9. The number of unbranched alkanes of at least 4 members (excludes halogenated alkanes) is 2. The second kappa shape index (κ2) is 9.64. The molecule has 1 N–H and O–H groups in total. The average molecular weight is 619 g/mol. The number of likely N-dealkylation sites (tertiary alicyclic amines) is 1. The first-order valence-corrected chi connectivity index (χ1v) is 13.7. The van der Waals surface area contributed by atoms with Gasteiger partial charge in [0.25, 0.3) is 0 Å². The lowest BCUT2D eigenvalue weighted by atomic mass is 9.81. The molecule has 2 bridgehead atoms. The van der Waals surface area contributed by atoms with Crippen molar-refractivity contribution in [1.29, 1.82) is 0 Å². The van der Waals surface area contributed by atoms with Gasteiger partial charge in [0.15, 0.2) is 0 Å². The van der Waals surface area contributed by atoms with Crippen molar-refractivity contribution in [3.05, 3.63) is 28.2 Å². The van der Waals surface area contributed by atoms with E-state index in [1.165, 1.54) is 4.90 Å². The van der Waals surface area contributed by atoms with Gasteiger partial charge < -0.3 is 5.32 Å². The minimum absolute atomic E-state index is 0.00294. The predicted octanol–water partition coefficient (Wildman–Crippen LogP) is 5.29. The van der Waals surface area contributed by atoms with E-state index in [1.807, 2.05) is 18.2 Å². The molecule has 168 valence electrons. The van der Waals surface area contributed by atoms with Gasteiger partial charge in [-0.25, -0.2) is 0 Å². The Hall–Kier alpha value is -0.730. The van der Waals surface area contributed by atoms with E-state index in [1.54, 1.807) is 0 Å². The molecule has 1 aliphatic heterocycles. The molecule has 1 aromatic rings. The van der Waals surface area contributed by atoms with Gasteiger partial charge >= 0.3 is 0 Å². The monoisotopic (exact) mass is 616 g/mol. The van der Waals surface area contributed by atoms with Gasteiger partial charge in [-0.05, 0) is 61.3 Å². The van der Waals surface area contributed by atoms with E-state index in [0.29, 0.717) is 13.0 Å². The number of halogens is 3. The summed E-state index contributed by atoms with van der Waals surface area (Å²) in [7, 11) is 0. The fraction of sp³-hybridized carbons (Fsp3) is 0.609. The van der Waals surface area contributed by atoms with Crippen LogP contribution in [-0.4, -0.2) is 38.8 Å². The standard InChI is InChI=1S/C23H27Br3N2O3/c1-2-12-10-13(24)7-8-16(12)27-17(29)6-4-3-5-9-28-22(30)18-14-11-15(19(18)23(28)31)21(26)20(14)25/h7-8,10,14-15,18-21H,2-6,9,11H2,1H3,(H,27,29)/t14-,15+,18-,19-,20-,21+/m0/s1. The minimum atomic E-state index is -0.139. The predicted molar refractivity (Wildman–Crippen MR) is 131 cm³/mol. The first kappa shape index (κ1) is 23.4. The fourth-order valence-electron chi connectivity index (χ4n) is 5.55. The van der Waals surface area contributed by atoms with Gasteiger partial charge in [0.1, 0.15) is 0 Å². The number of benzene rings is 1. The van der Waals surface area contributed by atoms with Crippen molar-refractivity contribution in [2.24, 2.45) is 23.7 Å². The maximum atomic E-state index is 12.9. The Balaban J connectivity index is 1.22. The zero-order valence-electron chi connectivity index (χ0n) is 17.5. The summed E-state index contributed by atoms with van der Waals surface area (Å²) in [6.07, 6.45) is 4.55. The Morgan fingerprint density at radius 2 is 1.71 bits per heavy atom. The van der Waals surface area contributed by atoms with Crippen LogP contribution in [0.4, 0.5) is 5.69 Å².